The highest BCUT2D eigenvalue weighted by Crippen LogP contribution is 2.35. The van der Waals surface area contributed by atoms with Gasteiger partial charge in [-0.2, -0.15) is 0 Å². The van der Waals surface area contributed by atoms with Gasteiger partial charge < -0.3 is 10.2 Å². The number of carbonyl (C=O) groups excluding carboxylic acids is 3. The van der Waals surface area contributed by atoms with E-state index in [-0.39, 0.29) is 18.5 Å². The van der Waals surface area contributed by atoms with Crippen LogP contribution in [0.3, 0.4) is 0 Å². The lowest BCUT2D eigenvalue weighted by atomic mass is 9.83. The number of para-hydroxylation sites is 1. The Kier molecular flexibility index (Phi) is 5.21. The van der Waals surface area contributed by atoms with Crippen molar-refractivity contribution in [3.63, 3.8) is 0 Å². The maximum Gasteiger partial charge on any atom is 0.325 e. The zero-order valence-electron chi connectivity index (χ0n) is 18.4. The highest BCUT2D eigenvalue weighted by molar-refractivity contribution is 6.11. The van der Waals surface area contributed by atoms with Crippen LogP contribution < -0.4 is 10.2 Å². The maximum atomic E-state index is 13.8. The van der Waals surface area contributed by atoms with Crippen LogP contribution in [-0.4, -0.2) is 35.3 Å². The molecule has 6 heteroatoms. The van der Waals surface area contributed by atoms with Gasteiger partial charge >= 0.3 is 6.03 Å². The molecule has 2 aliphatic heterocycles. The molecule has 1 saturated heterocycles. The summed E-state index contributed by atoms with van der Waals surface area (Å²) in [6.45, 7) is 1.68. The van der Waals surface area contributed by atoms with Crippen LogP contribution in [0.1, 0.15) is 23.6 Å². The number of rotatable bonds is 5. The molecule has 3 aromatic carbocycles. The first kappa shape index (κ1) is 20.9. The largest absolute Gasteiger partial charge is 0.325 e. The zero-order valence-corrected chi connectivity index (χ0v) is 18.4. The van der Waals surface area contributed by atoms with Crippen molar-refractivity contribution in [2.24, 2.45) is 0 Å². The topological polar surface area (TPSA) is 69.7 Å². The van der Waals surface area contributed by atoms with Crippen molar-refractivity contribution in [1.82, 2.24) is 10.2 Å². The Hall–Kier alpha value is -3.93. The molecule has 0 saturated carbocycles. The van der Waals surface area contributed by atoms with E-state index in [1.807, 2.05) is 91.9 Å². The maximum absolute atomic E-state index is 13.8. The van der Waals surface area contributed by atoms with E-state index in [0.29, 0.717) is 12.0 Å². The van der Waals surface area contributed by atoms with E-state index in [2.05, 4.69) is 5.32 Å². The lowest BCUT2D eigenvalue weighted by Crippen LogP contribution is -2.48. The SMILES string of the molecule is C[C@@H]1Cc2ccccc2N1C(=O)CN1C(=O)N[C@@](Cc2ccccc2)(c2ccccc2)C1=O. The Balaban J connectivity index is 1.46. The van der Waals surface area contributed by atoms with E-state index in [9.17, 15) is 14.4 Å². The van der Waals surface area contributed by atoms with Crippen molar-refractivity contribution in [2.75, 3.05) is 11.4 Å². The third kappa shape index (κ3) is 3.57. The molecule has 0 unspecified atom stereocenters. The highest BCUT2D eigenvalue weighted by Gasteiger charge is 2.53. The van der Waals surface area contributed by atoms with Crippen molar-refractivity contribution in [3.05, 3.63) is 102 Å². The Morgan fingerprint density at radius 1 is 0.939 bits per heavy atom. The van der Waals surface area contributed by atoms with Crippen molar-refractivity contribution in [1.29, 1.82) is 0 Å². The van der Waals surface area contributed by atoms with Crippen LogP contribution in [0.25, 0.3) is 0 Å². The number of anilines is 1. The molecular formula is C27H25N3O3. The van der Waals surface area contributed by atoms with Crippen LogP contribution in [0.5, 0.6) is 0 Å². The number of hydrogen-bond donors (Lipinski definition) is 1. The van der Waals surface area contributed by atoms with E-state index in [4.69, 9.17) is 0 Å². The predicted molar refractivity (Wildman–Crippen MR) is 126 cm³/mol. The molecule has 0 bridgehead atoms. The Bertz CT molecular complexity index is 1210. The summed E-state index contributed by atoms with van der Waals surface area (Å²) < 4.78 is 0. The molecule has 33 heavy (non-hydrogen) atoms. The van der Waals surface area contributed by atoms with Crippen molar-refractivity contribution < 1.29 is 14.4 Å². The first-order chi connectivity index (χ1) is 16.0. The van der Waals surface area contributed by atoms with E-state index >= 15 is 0 Å². The summed E-state index contributed by atoms with van der Waals surface area (Å²) in [6, 6.07) is 26.0. The monoisotopic (exact) mass is 439 g/mol. The van der Waals surface area contributed by atoms with Gasteiger partial charge in [-0.25, -0.2) is 4.79 Å². The summed E-state index contributed by atoms with van der Waals surface area (Å²) in [6.07, 6.45) is 1.06. The smallest absolute Gasteiger partial charge is 0.319 e. The van der Waals surface area contributed by atoms with Crippen LogP contribution in [0.15, 0.2) is 84.9 Å². The van der Waals surface area contributed by atoms with Gasteiger partial charge in [-0.15, -0.1) is 0 Å². The first-order valence-electron chi connectivity index (χ1n) is 11.1. The second-order valence-corrected chi connectivity index (χ2v) is 8.70. The summed E-state index contributed by atoms with van der Waals surface area (Å²) >= 11 is 0. The van der Waals surface area contributed by atoms with Crippen LogP contribution in [0.2, 0.25) is 0 Å². The number of nitrogens with zero attached hydrogens (tertiary/aromatic N) is 2. The average molecular weight is 440 g/mol. The van der Waals surface area contributed by atoms with Crippen LogP contribution in [0, 0.1) is 0 Å². The fourth-order valence-corrected chi connectivity index (χ4v) is 4.97. The molecule has 0 aliphatic carbocycles. The lowest BCUT2D eigenvalue weighted by molar-refractivity contribution is -0.134. The number of benzene rings is 3. The molecule has 2 atom stereocenters. The summed E-state index contributed by atoms with van der Waals surface area (Å²) in [5, 5.41) is 2.93. The van der Waals surface area contributed by atoms with Gasteiger partial charge in [-0.3, -0.25) is 14.5 Å². The predicted octanol–water partition coefficient (Wildman–Crippen LogP) is 3.65. The number of fused-ring (bicyclic) bond motifs is 1. The van der Waals surface area contributed by atoms with Crippen LogP contribution in [-0.2, 0) is 28.0 Å². The van der Waals surface area contributed by atoms with Crippen LogP contribution in [0.4, 0.5) is 10.5 Å². The molecule has 0 aromatic heterocycles. The summed E-state index contributed by atoms with van der Waals surface area (Å²) in [5.74, 6) is -0.671. The third-order valence-electron chi connectivity index (χ3n) is 6.52. The van der Waals surface area contributed by atoms with E-state index < -0.39 is 17.5 Å². The van der Waals surface area contributed by atoms with Gasteiger partial charge in [0, 0.05) is 18.2 Å². The molecule has 3 aromatic rings. The second kappa shape index (κ2) is 8.20. The number of hydrogen-bond acceptors (Lipinski definition) is 3. The van der Waals surface area contributed by atoms with Gasteiger partial charge in [0.05, 0.1) is 0 Å². The Labute approximate surface area is 192 Å². The van der Waals surface area contributed by atoms with Crippen molar-refractivity contribution >= 4 is 23.5 Å². The fraction of sp³-hybridized carbons (Fsp3) is 0.222. The molecule has 2 heterocycles. The van der Waals surface area contributed by atoms with E-state index in [1.54, 1.807) is 4.90 Å². The number of carbonyl (C=O) groups is 3. The molecule has 6 nitrogen and oxygen atoms in total. The normalized spacial score (nSPS) is 21.8. The van der Waals surface area contributed by atoms with Gasteiger partial charge in [-0.05, 0) is 36.1 Å². The number of imide groups is 1. The standard InChI is InChI=1S/C27H25N3O3/c1-19-16-21-12-8-9-15-23(21)30(19)24(31)18-29-25(32)27(28-26(29)33,22-13-6-3-7-14-22)17-20-10-4-2-5-11-20/h2-15,19H,16-18H2,1H3,(H,28,33)/t19-,27+/m1/s1. The minimum absolute atomic E-state index is 0.0288. The fourth-order valence-electron chi connectivity index (χ4n) is 4.97. The Morgan fingerprint density at radius 2 is 1.58 bits per heavy atom. The minimum Gasteiger partial charge on any atom is -0.319 e. The zero-order chi connectivity index (χ0) is 23.0. The van der Waals surface area contributed by atoms with Gasteiger partial charge in [0.1, 0.15) is 6.54 Å². The van der Waals surface area contributed by atoms with E-state index in [0.717, 1.165) is 28.1 Å². The Morgan fingerprint density at radius 3 is 2.30 bits per heavy atom. The third-order valence-corrected chi connectivity index (χ3v) is 6.52. The molecule has 4 amide bonds. The molecule has 0 radical (unpaired) electrons. The quantitative estimate of drug-likeness (QED) is 0.617. The van der Waals surface area contributed by atoms with Crippen LogP contribution >= 0.6 is 0 Å². The molecular weight excluding hydrogens is 414 g/mol. The summed E-state index contributed by atoms with van der Waals surface area (Å²) in [4.78, 5) is 42.9. The molecule has 1 N–H and O–H groups in total. The summed E-state index contributed by atoms with van der Waals surface area (Å²) in [7, 11) is 0. The number of amides is 4. The highest BCUT2D eigenvalue weighted by atomic mass is 16.2. The molecule has 5 rings (SSSR count). The summed E-state index contributed by atoms with van der Waals surface area (Å²) in [5.41, 5.74) is 2.31. The van der Waals surface area contributed by atoms with E-state index in [1.165, 1.54) is 0 Å². The van der Waals surface area contributed by atoms with Crippen molar-refractivity contribution in [3.8, 4) is 0 Å². The average Bonchev–Trinajstić information content (AvgIpc) is 3.29. The minimum atomic E-state index is -1.26. The van der Waals surface area contributed by atoms with Crippen molar-refractivity contribution in [2.45, 2.75) is 31.3 Å². The van der Waals surface area contributed by atoms with Gasteiger partial charge in [0.15, 0.2) is 5.54 Å². The number of urea groups is 1. The lowest BCUT2D eigenvalue weighted by Gasteiger charge is -2.28. The number of nitrogens with one attached hydrogen (secondary N) is 1. The van der Waals surface area contributed by atoms with Gasteiger partial charge in [0.2, 0.25) is 5.91 Å². The molecule has 1 fully saturated rings. The first-order valence-corrected chi connectivity index (χ1v) is 11.1. The van der Waals surface area contributed by atoms with Gasteiger partial charge in [0.25, 0.3) is 5.91 Å². The molecule has 166 valence electrons. The molecule has 0 spiro atoms. The van der Waals surface area contributed by atoms with Gasteiger partial charge in [-0.1, -0.05) is 78.9 Å². The molecule has 2 aliphatic rings. The second-order valence-electron chi connectivity index (χ2n) is 8.70.